The van der Waals surface area contributed by atoms with Crippen LogP contribution < -0.4 is 9.47 Å². The van der Waals surface area contributed by atoms with E-state index in [1.165, 1.54) is 38.5 Å². The van der Waals surface area contributed by atoms with Crippen molar-refractivity contribution in [3.05, 3.63) is 63.2 Å². The van der Waals surface area contributed by atoms with Gasteiger partial charge in [0, 0.05) is 18.2 Å². The Morgan fingerprint density at radius 3 is 2.44 bits per heavy atom. The summed E-state index contributed by atoms with van der Waals surface area (Å²) in [4.78, 5) is 21.3. The second-order valence-corrected chi connectivity index (χ2v) is 5.15. The number of carbonyl (C=O) groups is 1. The molecule has 0 radical (unpaired) electrons. The van der Waals surface area contributed by atoms with Crippen molar-refractivity contribution in [2.75, 3.05) is 14.2 Å². The second-order valence-electron chi connectivity index (χ2n) is 4.74. The third-order valence-electron chi connectivity index (χ3n) is 3.15. The molecule has 2 aromatic carbocycles. The third kappa shape index (κ3) is 4.71. The number of nitro groups is 1. The molecule has 2 aromatic rings. The van der Waals surface area contributed by atoms with Crippen LogP contribution in [0.15, 0.2) is 42.5 Å². The molecule has 0 saturated heterocycles. The molecule has 2 rings (SSSR count). The van der Waals surface area contributed by atoms with Gasteiger partial charge < -0.3 is 14.2 Å². The molecule has 0 aliphatic heterocycles. The number of esters is 1. The number of nitro benzene ring substituents is 1. The van der Waals surface area contributed by atoms with E-state index in [0.717, 1.165) is 0 Å². The van der Waals surface area contributed by atoms with Gasteiger partial charge in [0.1, 0.15) is 5.75 Å². The van der Waals surface area contributed by atoms with Crippen LogP contribution in [0.2, 0.25) is 5.02 Å². The Kier molecular flexibility index (Phi) is 5.97. The fraction of sp³-hybridized carbons (Fsp3) is 0.118. The van der Waals surface area contributed by atoms with Gasteiger partial charge in [-0.1, -0.05) is 17.7 Å². The molecule has 0 aliphatic rings. The van der Waals surface area contributed by atoms with E-state index in [9.17, 15) is 14.9 Å². The molecule has 0 heterocycles. The fourth-order valence-corrected chi connectivity index (χ4v) is 2.12. The summed E-state index contributed by atoms with van der Waals surface area (Å²) in [5, 5.41) is 10.8. The minimum Gasteiger partial charge on any atom is -0.493 e. The molecule has 0 spiro atoms. The molecule has 0 unspecified atom stereocenters. The molecule has 0 N–H and O–H groups in total. The van der Waals surface area contributed by atoms with E-state index in [2.05, 4.69) is 4.74 Å². The highest BCUT2D eigenvalue weighted by Crippen LogP contribution is 2.37. The first-order valence-corrected chi connectivity index (χ1v) is 7.38. The first-order valence-electron chi connectivity index (χ1n) is 7.00. The van der Waals surface area contributed by atoms with E-state index in [1.54, 1.807) is 24.3 Å². The number of benzene rings is 2. The summed E-state index contributed by atoms with van der Waals surface area (Å²) in [5.74, 6) is 0.551. The van der Waals surface area contributed by atoms with Gasteiger partial charge in [-0.25, -0.2) is 4.79 Å². The minimum absolute atomic E-state index is 0.103. The van der Waals surface area contributed by atoms with Crippen LogP contribution in [0.5, 0.6) is 17.2 Å². The van der Waals surface area contributed by atoms with Gasteiger partial charge in [-0.15, -0.1) is 0 Å². The van der Waals surface area contributed by atoms with Crippen LogP contribution in [-0.4, -0.2) is 25.1 Å². The van der Waals surface area contributed by atoms with Crippen LogP contribution in [-0.2, 0) is 9.53 Å². The molecule has 0 bridgehead atoms. The first kappa shape index (κ1) is 18.3. The summed E-state index contributed by atoms with van der Waals surface area (Å²) in [5.41, 5.74) is 0.567. The highest BCUT2D eigenvalue weighted by atomic mass is 35.5. The van der Waals surface area contributed by atoms with Crippen LogP contribution in [0.1, 0.15) is 5.56 Å². The maximum Gasteiger partial charge on any atom is 0.330 e. The molecule has 0 saturated carbocycles. The van der Waals surface area contributed by atoms with Gasteiger partial charge in [0.25, 0.3) is 5.69 Å². The number of hydrogen-bond donors (Lipinski definition) is 0. The lowest BCUT2D eigenvalue weighted by molar-refractivity contribution is -0.384. The van der Waals surface area contributed by atoms with E-state index in [1.807, 2.05) is 0 Å². The molecule has 7 nitrogen and oxygen atoms in total. The van der Waals surface area contributed by atoms with Crippen molar-refractivity contribution in [1.82, 2.24) is 0 Å². The normalized spacial score (nSPS) is 10.5. The largest absolute Gasteiger partial charge is 0.493 e. The number of halogens is 1. The Morgan fingerprint density at radius 1 is 1.12 bits per heavy atom. The highest BCUT2D eigenvalue weighted by Gasteiger charge is 2.13. The van der Waals surface area contributed by atoms with Crippen molar-refractivity contribution in [2.45, 2.75) is 0 Å². The predicted molar refractivity (Wildman–Crippen MR) is 92.2 cm³/mol. The SMILES string of the molecule is COC(=O)/C=C/c1ccc(Oc2ccc([N+](=O)[O-])cc2Cl)c(OC)c1. The lowest BCUT2D eigenvalue weighted by Gasteiger charge is -2.12. The Balaban J connectivity index is 2.26. The molecular weight excluding hydrogens is 350 g/mol. The number of rotatable bonds is 6. The summed E-state index contributed by atoms with van der Waals surface area (Å²) in [6, 6.07) is 8.90. The summed E-state index contributed by atoms with van der Waals surface area (Å²) in [6.45, 7) is 0. The lowest BCUT2D eigenvalue weighted by atomic mass is 10.2. The summed E-state index contributed by atoms with van der Waals surface area (Å²) < 4.78 is 15.5. The lowest BCUT2D eigenvalue weighted by Crippen LogP contribution is -1.94. The first-order chi connectivity index (χ1) is 11.9. The molecular formula is C17H14ClNO6. The molecule has 0 atom stereocenters. The number of methoxy groups -OCH3 is 2. The molecule has 0 aliphatic carbocycles. The van der Waals surface area contributed by atoms with Crippen molar-refractivity contribution >= 4 is 29.3 Å². The number of hydrogen-bond acceptors (Lipinski definition) is 6. The zero-order valence-corrected chi connectivity index (χ0v) is 14.1. The molecule has 0 amide bonds. The van der Waals surface area contributed by atoms with Crippen molar-refractivity contribution in [3.63, 3.8) is 0 Å². The second kappa shape index (κ2) is 8.16. The van der Waals surface area contributed by atoms with Gasteiger partial charge in [0.15, 0.2) is 11.5 Å². The maximum absolute atomic E-state index is 11.1. The Hall–Kier alpha value is -3.06. The summed E-state index contributed by atoms with van der Waals surface area (Å²) in [7, 11) is 2.76. The molecule has 8 heteroatoms. The van der Waals surface area contributed by atoms with Crippen LogP contribution in [0.4, 0.5) is 5.69 Å². The topological polar surface area (TPSA) is 87.9 Å². The average Bonchev–Trinajstić information content (AvgIpc) is 2.61. The Bertz CT molecular complexity index is 834. The highest BCUT2D eigenvalue weighted by molar-refractivity contribution is 6.32. The van der Waals surface area contributed by atoms with Crippen molar-refractivity contribution in [1.29, 1.82) is 0 Å². The monoisotopic (exact) mass is 363 g/mol. The third-order valence-corrected chi connectivity index (χ3v) is 3.44. The van der Waals surface area contributed by atoms with Crippen molar-refractivity contribution in [2.24, 2.45) is 0 Å². The van der Waals surface area contributed by atoms with Crippen LogP contribution >= 0.6 is 11.6 Å². The van der Waals surface area contributed by atoms with Gasteiger partial charge in [0.05, 0.1) is 24.2 Å². The smallest absolute Gasteiger partial charge is 0.330 e. The molecule has 25 heavy (non-hydrogen) atoms. The number of non-ortho nitro benzene ring substituents is 1. The summed E-state index contributed by atoms with van der Waals surface area (Å²) >= 11 is 6.02. The molecule has 0 aromatic heterocycles. The zero-order valence-electron chi connectivity index (χ0n) is 13.4. The van der Waals surface area contributed by atoms with Gasteiger partial charge in [0.2, 0.25) is 0 Å². The molecule has 130 valence electrons. The number of ether oxygens (including phenoxy) is 3. The van der Waals surface area contributed by atoms with Crippen LogP contribution in [0, 0.1) is 10.1 Å². The predicted octanol–water partition coefficient (Wildman–Crippen LogP) is 4.24. The maximum atomic E-state index is 11.1. The minimum atomic E-state index is -0.543. The standard InChI is InChI=1S/C17H14ClNO6/c1-23-16-9-11(4-8-17(20)24-2)3-6-15(16)25-14-7-5-12(19(21)22)10-13(14)18/h3-10H,1-2H3/b8-4+. The summed E-state index contributed by atoms with van der Waals surface area (Å²) in [6.07, 6.45) is 2.85. The molecule has 0 fully saturated rings. The average molecular weight is 364 g/mol. The number of nitrogens with zero attached hydrogens (tertiary/aromatic N) is 1. The Morgan fingerprint density at radius 2 is 1.84 bits per heavy atom. The van der Waals surface area contributed by atoms with Gasteiger partial charge in [-0.05, 0) is 29.8 Å². The van der Waals surface area contributed by atoms with E-state index >= 15 is 0 Å². The van der Waals surface area contributed by atoms with Crippen molar-refractivity contribution in [3.8, 4) is 17.2 Å². The van der Waals surface area contributed by atoms with Crippen molar-refractivity contribution < 1.29 is 23.9 Å². The zero-order chi connectivity index (χ0) is 18.4. The number of carbonyl (C=O) groups excluding carboxylic acids is 1. The van der Waals surface area contributed by atoms with Gasteiger partial charge >= 0.3 is 5.97 Å². The fourth-order valence-electron chi connectivity index (χ4n) is 1.91. The van der Waals surface area contributed by atoms with Gasteiger partial charge in [-0.2, -0.15) is 0 Å². The Labute approximate surface area is 148 Å². The van der Waals surface area contributed by atoms with E-state index < -0.39 is 10.9 Å². The quantitative estimate of drug-likeness (QED) is 0.330. The van der Waals surface area contributed by atoms with Gasteiger partial charge in [-0.3, -0.25) is 10.1 Å². The van der Waals surface area contributed by atoms with Crippen LogP contribution in [0.25, 0.3) is 6.08 Å². The van der Waals surface area contributed by atoms with E-state index in [0.29, 0.717) is 17.1 Å². The van der Waals surface area contributed by atoms with E-state index in [4.69, 9.17) is 21.1 Å². The van der Waals surface area contributed by atoms with Crippen LogP contribution in [0.3, 0.4) is 0 Å². The van der Waals surface area contributed by atoms with E-state index in [-0.39, 0.29) is 16.5 Å².